The maximum atomic E-state index is 11.2. The summed E-state index contributed by atoms with van der Waals surface area (Å²) in [4.78, 5) is 11.2. The fourth-order valence-electron chi connectivity index (χ4n) is 2.40. The molecular weight excluding hydrogens is 266 g/mol. The first kappa shape index (κ1) is 13.3. The number of hydrogen-bond acceptors (Lipinski definition) is 3. The van der Waals surface area contributed by atoms with Crippen LogP contribution < -0.4 is 0 Å². The molecule has 0 bridgehead atoms. The van der Waals surface area contributed by atoms with Crippen LogP contribution in [0.2, 0.25) is 0 Å². The number of carbonyl (C=O) groups is 1. The minimum atomic E-state index is -0.994. The van der Waals surface area contributed by atoms with E-state index in [1.54, 1.807) is 10.7 Å². The highest BCUT2D eigenvalue weighted by molar-refractivity contribution is 6.00. The van der Waals surface area contributed by atoms with E-state index in [0.29, 0.717) is 11.0 Å². The van der Waals surface area contributed by atoms with Gasteiger partial charge in [-0.05, 0) is 36.2 Å². The number of carboxylic acids is 1. The van der Waals surface area contributed by atoms with Gasteiger partial charge in [0.1, 0.15) is 5.52 Å². The Morgan fingerprint density at radius 3 is 2.62 bits per heavy atom. The summed E-state index contributed by atoms with van der Waals surface area (Å²) >= 11 is 0. The van der Waals surface area contributed by atoms with Crippen molar-refractivity contribution >= 4 is 17.0 Å². The molecule has 106 valence electrons. The largest absolute Gasteiger partial charge is 0.478 e. The molecule has 1 N–H and O–H groups in total. The SMILES string of the molecule is CCCc1ccc(-n2nnc3c(C(=O)O)cccc32)cc1. The fourth-order valence-corrected chi connectivity index (χ4v) is 2.40. The molecule has 0 saturated heterocycles. The summed E-state index contributed by atoms with van der Waals surface area (Å²) in [5.74, 6) is -0.994. The lowest BCUT2D eigenvalue weighted by Crippen LogP contribution is -1.98. The Hall–Kier alpha value is -2.69. The summed E-state index contributed by atoms with van der Waals surface area (Å²) in [6, 6.07) is 13.1. The Bertz CT molecular complexity index is 791. The molecule has 5 nitrogen and oxygen atoms in total. The normalized spacial score (nSPS) is 10.9. The van der Waals surface area contributed by atoms with E-state index in [-0.39, 0.29) is 5.56 Å². The van der Waals surface area contributed by atoms with Crippen molar-refractivity contribution in [2.75, 3.05) is 0 Å². The lowest BCUT2D eigenvalue weighted by Gasteiger charge is -2.04. The molecule has 0 saturated carbocycles. The van der Waals surface area contributed by atoms with E-state index >= 15 is 0 Å². The Balaban J connectivity index is 2.08. The van der Waals surface area contributed by atoms with Gasteiger partial charge in [-0.15, -0.1) is 5.10 Å². The van der Waals surface area contributed by atoms with Gasteiger partial charge in [-0.3, -0.25) is 0 Å². The third kappa shape index (κ3) is 2.38. The zero-order chi connectivity index (χ0) is 14.8. The van der Waals surface area contributed by atoms with E-state index in [9.17, 15) is 9.90 Å². The molecule has 0 radical (unpaired) electrons. The molecule has 1 aromatic heterocycles. The topological polar surface area (TPSA) is 68.0 Å². The number of nitrogens with zero attached hydrogens (tertiary/aromatic N) is 3. The highest BCUT2D eigenvalue weighted by atomic mass is 16.4. The van der Waals surface area contributed by atoms with Crippen LogP contribution in [0, 0.1) is 0 Å². The van der Waals surface area contributed by atoms with E-state index in [2.05, 4.69) is 29.4 Å². The third-order valence-corrected chi connectivity index (χ3v) is 3.43. The highest BCUT2D eigenvalue weighted by Gasteiger charge is 2.14. The molecule has 5 heteroatoms. The van der Waals surface area contributed by atoms with E-state index in [1.807, 2.05) is 18.2 Å². The molecule has 0 fully saturated rings. The van der Waals surface area contributed by atoms with Crippen LogP contribution in [0.15, 0.2) is 42.5 Å². The zero-order valence-corrected chi connectivity index (χ0v) is 11.7. The molecule has 0 unspecified atom stereocenters. The van der Waals surface area contributed by atoms with Crippen molar-refractivity contribution in [1.29, 1.82) is 0 Å². The van der Waals surface area contributed by atoms with Crippen LogP contribution in [0.1, 0.15) is 29.3 Å². The van der Waals surface area contributed by atoms with Crippen molar-refractivity contribution in [3.63, 3.8) is 0 Å². The van der Waals surface area contributed by atoms with Crippen molar-refractivity contribution in [2.45, 2.75) is 19.8 Å². The molecule has 0 aliphatic carbocycles. The van der Waals surface area contributed by atoms with E-state index < -0.39 is 5.97 Å². The standard InChI is InChI=1S/C16H15N3O2/c1-2-4-11-7-9-12(10-8-11)19-14-6-3-5-13(16(20)21)15(14)17-18-19/h3,5-10H,2,4H2,1H3,(H,20,21). The van der Waals surface area contributed by atoms with Crippen LogP contribution in [0.4, 0.5) is 0 Å². The maximum Gasteiger partial charge on any atom is 0.338 e. The molecule has 0 aliphatic rings. The summed E-state index contributed by atoms with van der Waals surface area (Å²) in [5, 5.41) is 17.3. The van der Waals surface area contributed by atoms with Crippen LogP contribution in [0.5, 0.6) is 0 Å². The second-order valence-corrected chi connectivity index (χ2v) is 4.90. The van der Waals surface area contributed by atoms with Gasteiger partial charge in [0.2, 0.25) is 0 Å². The summed E-state index contributed by atoms with van der Waals surface area (Å²) in [6.07, 6.45) is 2.15. The molecular formula is C16H15N3O2. The molecule has 0 amide bonds. The van der Waals surface area contributed by atoms with Crippen LogP contribution in [-0.2, 0) is 6.42 Å². The molecule has 0 spiro atoms. The van der Waals surface area contributed by atoms with Gasteiger partial charge in [-0.25, -0.2) is 9.48 Å². The van der Waals surface area contributed by atoms with E-state index in [0.717, 1.165) is 18.5 Å². The van der Waals surface area contributed by atoms with Gasteiger partial charge >= 0.3 is 5.97 Å². The second-order valence-electron chi connectivity index (χ2n) is 4.90. The minimum absolute atomic E-state index is 0.168. The number of aryl methyl sites for hydroxylation is 1. The van der Waals surface area contributed by atoms with Gasteiger partial charge in [-0.2, -0.15) is 0 Å². The predicted octanol–water partition coefficient (Wildman–Crippen LogP) is 3.07. The number of benzene rings is 2. The van der Waals surface area contributed by atoms with Crippen molar-refractivity contribution in [3.8, 4) is 5.69 Å². The molecule has 1 heterocycles. The summed E-state index contributed by atoms with van der Waals surface area (Å²) in [7, 11) is 0. The van der Waals surface area contributed by atoms with Gasteiger partial charge in [0.15, 0.2) is 0 Å². The fraction of sp³-hybridized carbons (Fsp3) is 0.188. The first-order valence-electron chi connectivity index (χ1n) is 6.87. The average molecular weight is 281 g/mol. The Labute approximate surface area is 121 Å². The molecule has 3 aromatic rings. The number of aromatic nitrogens is 3. The van der Waals surface area contributed by atoms with Crippen molar-refractivity contribution < 1.29 is 9.90 Å². The van der Waals surface area contributed by atoms with Gasteiger partial charge < -0.3 is 5.11 Å². The van der Waals surface area contributed by atoms with Gasteiger partial charge in [0.25, 0.3) is 0 Å². The summed E-state index contributed by atoms with van der Waals surface area (Å²) in [6.45, 7) is 2.15. The van der Waals surface area contributed by atoms with Crippen LogP contribution in [0.25, 0.3) is 16.7 Å². The van der Waals surface area contributed by atoms with Crippen molar-refractivity contribution in [3.05, 3.63) is 53.6 Å². The molecule has 3 rings (SSSR count). The predicted molar refractivity (Wildman–Crippen MR) is 79.8 cm³/mol. The van der Waals surface area contributed by atoms with E-state index in [1.165, 1.54) is 11.6 Å². The molecule has 2 aromatic carbocycles. The number of hydrogen-bond donors (Lipinski definition) is 1. The van der Waals surface area contributed by atoms with Gasteiger partial charge in [0, 0.05) is 0 Å². The van der Waals surface area contributed by atoms with E-state index in [4.69, 9.17) is 0 Å². The lowest BCUT2D eigenvalue weighted by molar-refractivity contribution is 0.0699. The van der Waals surface area contributed by atoms with Crippen LogP contribution in [-0.4, -0.2) is 26.1 Å². The summed E-state index contributed by atoms with van der Waals surface area (Å²) in [5.41, 5.74) is 3.42. The molecule has 0 atom stereocenters. The van der Waals surface area contributed by atoms with Crippen molar-refractivity contribution in [1.82, 2.24) is 15.0 Å². The summed E-state index contributed by atoms with van der Waals surface area (Å²) < 4.78 is 1.66. The average Bonchev–Trinajstić information content (AvgIpc) is 2.92. The lowest BCUT2D eigenvalue weighted by atomic mass is 10.1. The Morgan fingerprint density at radius 2 is 1.95 bits per heavy atom. The smallest absolute Gasteiger partial charge is 0.338 e. The van der Waals surface area contributed by atoms with Crippen molar-refractivity contribution in [2.24, 2.45) is 0 Å². The maximum absolute atomic E-state index is 11.2. The Kier molecular flexibility index (Phi) is 3.39. The van der Waals surface area contributed by atoms with Gasteiger partial charge in [0.05, 0.1) is 16.8 Å². The third-order valence-electron chi connectivity index (χ3n) is 3.43. The first-order chi connectivity index (χ1) is 10.2. The number of rotatable bonds is 4. The van der Waals surface area contributed by atoms with Gasteiger partial charge in [-0.1, -0.05) is 36.8 Å². The minimum Gasteiger partial charge on any atom is -0.478 e. The quantitative estimate of drug-likeness (QED) is 0.798. The molecule has 21 heavy (non-hydrogen) atoms. The monoisotopic (exact) mass is 281 g/mol. The van der Waals surface area contributed by atoms with Crippen LogP contribution >= 0.6 is 0 Å². The number of fused-ring (bicyclic) bond motifs is 1. The zero-order valence-electron chi connectivity index (χ0n) is 11.7. The second kappa shape index (κ2) is 5.36. The first-order valence-corrected chi connectivity index (χ1v) is 6.87. The Morgan fingerprint density at radius 1 is 1.19 bits per heavy atom. The number of carboxylic acid groups (broad SMARTS) is 1. The number of aromatic carboxylic acids is 1. The van der Waals surface area contributed by atoms with Crippen LogP contribution in [0.3, 0.4) is 0 Å². The highest BCUT2D eigenvalue weighted by Crippen LogP contribution is 2.20. The molecule has 0 aliphatic heterocycles.